The number of piperidine rings is 1. The van der Waals surface area contributed by atoms with Gasteiger partial charge in [-0.1, -0.05) is 24.3 Å². The third-order valence-corrected chi connectivity index (χ3v) is 5.43. The lowest BCUT2D eigenvalue weighted by Gasteiger charge is -2.44. The molecule has 1 N–H and O–H groups in total. The van der Waals surface area contributed by atoms with Crippen LogP contribution in [0.25, 0.3) is 0 Å². The molecule has 2 aromatic carbocycles. The van der Waals surface area contributed by atoms with Crippen molar-refractivity contribution in [2.45, 2.75) is 38.0 Å². The van der Waals surface area contributed by atoms with Gasteiger partial charge in [0.2, 0.25) is 12.1 Å². The number of benzene rings is 2. The highest BCUT2D eigenvalue weighted by Gasteiger charge is 2.62. The zero-order valence-corrected chi connectivity index (χ0v) is 15.2. The number of nitrogens with one attached hydrogen (secondary N) is 1. The quantitative estimate of drug-likeness (QED) is 0.633. The highest BCUT2D eigenvalue weighted by atomic mass is 19.1. The number of hydrogen-bond donors (Lipinski definition) is 1. The first-order chi connectivity index (χ1) is 13.1. The molecule has 0 amide bonds. The minimum absolute atomic E-state index is 0.449. The zero-order chi connectivity index (χ0) is 20.6. The molecule has 0 aromatic heterocycles. The molecular formula is C19H19F2N3O4. The van der Waals surface area contributed by atoms with Gasteiger partial charge in [-0.05, 0) is 49.2 Å². The Morgan fingerprint density at radius 3 is 1.39 bits per heavy atom. The second-order valence-electron chi connectivity index (χ2n) is 7.51. The molecule has 0 aliphatic carbocycles. The maximum absolute atomic E-state index is 13.3. The highest BCUT2D eigenvalue weighted by Crippen LogP contribution is 2.46. The third-order valence-electron chi connectivity index (χ3n) is 5.43. The molecule has 1 aliphatic heterocycles. The van der Waals surface area contributed by atoms with Crippen molar-refractivity contribution in [1.29, 1.82) is 0 Å². The van der Waals surface area contributed by atoms with Crippen molar-refractivity contribution < 1.29 is 18.6 Å². The van der Waals surface area contributed by atoms with E-state index in [9.17, 15) is 29.0 Å². The van der Waals surface area contributed by atoms with Crippen LogP contribution in [0.5, 0.6) is 0 Å². The second kappa shape index (κ2) is 7.23. The highest BCUT2D eigenvalue weighted by molar-refractivity contribution is 5.28. The average molecular weight is 391 g/mol. The maximum atomic E-state index is 13.3. The molecule has 0 unspecified atom stereocenters. The summed E-state index contributed by atoms with van der Waals surface area (Å²) in [5.74, 6) is -0.982. The van der Waals surface area contributed by atoms with E-state index in [4.69, 9.17) is 0 Å². The van der Waals surface area contributed by atoms with Crippen molar-refractivity contribution in [2.75, 3.05) is 0 Å². The van der Waals surface area contributed by atoms with Gasteiger partial charge in [0.1, 0.15) is 29.1 Å². The molecule has 1 saturated heterocycles. The lowest BCUT2D eigenvalue weighted by Crippen LogP contribution is -2.63. The van der Waals surface area contributed by atoms with Gasteiger partial charge in [0.15, 0.2) is 0 Å². The van der Waals surface area contributed by atoms with E-state index in [-0.39, 0.29) is 0 Å². The number of nitrogens with zero attached hydrogens (tertiary/aromatic N) is 2. The Bertz CT molecular complexity index is 816. The van der Waals surface area contributed by atoms with Gasteiger partial charge in [0, 0.05) is 9.85 Å². The summed E-state index contributed by atoms with van der Waals surface area (Å²) in [6.07, 6.45) is 0. The fourth-order valence-corrected chi connectivity index (χ4v) is 4.09. The first kappa shape index (κ1) is 19.8. The Hall–Kier alpha value is -2.94. The molecule has 0 radical (unpaired) electrons. The van der Waals surface area contributed by atoms with Crippen LogP contribution in [0.15, 0.2) is 48.5 Å². The van der Waals surface area contributed by atoms with Crippen molar-refractivity contribution in [2.24, 2.45) is 5.41 Å². The van der Waals surface area contributed by atoms with Crippen molar-refractivity contribution in [1.82, 2.24) is 5.32 Å². The van der Waals surface area contributed by atoms with Gasteiger partial charge < -0.3 is 0 Å². The summed E-state index contributed by atoms with van der Waals surface area (Å²) in [5, 5.41) is 26.8. The topological polar surface area (TPSA) is 98.3 Å². The van der Waals surface area contributed by atoms with E-state index in [1.54, 1.807) is 0 Å². The van der Waals surface area contributed by atoms with E-state index in [2.05, 4.69) is 5.32 Å². The number of hydrogen-bond acceptors (Lipinski definition) is 5. The maximum Gasteiger partial charge on any atom is 0.243 e. The molecule has 1 fully saturated rings. The molecule has 28 heavy (non-hydrogen) atoms. The first-order valence-corrected chi connectivity index (χ1v) is 8.67. The fraction of sp³-hybridized carbons (Fsp3) is 0.368. The van der Waals surface area contributed by atoms with Gasteiger partial charge in [-0.2, -0.15) is 0 Å². The summed E-state index contributed by atoms with van der Waals surface area (Å²) in [4.78, 5) is 22.7. The Balaban J connectivity index is 2.14. The van der Waals surface area contributed by atoms with E-state index in [1.165, 1.54) is 62.4 Å². The molecule has 4 atom stereocenters. The van der Waals surface area contributed by atoms with Gasteiger partial charge in [-0.25, -0.2) is 8.78 Å². The molecule has 7 nitrogen and oxygen atoms in total. The molecule has 2 aromatic rings. The monoisotopic (exact) mass is 391 g/mol. The van der Waals surface area contributed by atoms with Crippen LogP contribution < -0.4 is 5.32 Å². The lowest BCUT2D eigenvalue weighted by molar-refractivity contribution is -0.605. The third kappa shape index (κ3) is 3.45. The minimum atomic E-state index is -1.35. The molecule has 0 spiro atoms. The van der Waals surface area contributed by atoms with Crippen LogP contribution in [-0.4, -0.2) is 21.9 Å². The molecule has 1 aliphatic rings. The molecule has 1 heterocycles. The minimum Gasteiger partial charge on any atom is -0.291 e. The lowest BCUT2D eigenvalue weighted by atomic mass is 9.66. The summed E-state index contributed by atoms with van der Waals surface area (Å²) in [6.45, 7) is 2.98. The second-order valence-corrected chi connectivity index (χ2v) is 7.51. The average Bonchev–Trinajstić information content (AvgIpc) is 2.60. The number of nitro groups is 2. The largest absolute Gasteiger partial charge is 0.291 e. The Morgan fingerprint density at radius 1 is 0.786 bits per heavy atom. The van der Waals surface area contributed by atoms with E-state index in [0.29, 0.717) is 11.1 Å². The van der Waals surface area contributed by atoms with E-state index >= 15 is 0 Å². The number of halogens is 2. The zero-order valence-electron chi connectivity index (χ0n) is 15.2. The first-order valence-electron chi connectivity index (χ1n) is 8.67. The SMILES string of the molecule is CC1(C)[C@H]([N+](=O)[O-])[C@@H](c2ccc(F)cc2)N[C@@H](c2ccc(F)cc2)[C@H]1[N+](=O)[O-]. The van der Waals surface area contributed by atoms with E-state index in [1.807, 2.05) is 0 Å². The molecule has 148 valence electrons. The molecular weight excluding hydrogens is 372 g/mol. The van der Waals surface area contributed by atoms with Crippen molar-refractivity contribution in [3.63, 3.8) is 0 Å². The van der Waals surface area contributed by atoms with Crippen LogP contribution in [0.3, 0.4) is 0 Å². The normalized spacial score (nSPS) is 26.6. The van der Waals surface area contributed by atoms with Gasteiger partial charge in [0.25, 0.3) is 0 Å². The van der Waals surface area contributed by atoms with Crippen LogP contribution in [0.1, 0.15) is 37.1 Å². The van der Waals surface area contributed by atoms with Crippen molar-refractivity contribution in [3.8, 4) is 0 Å². The Labute approximate surface area is 159 Å². The summed E-state index contributed by atoms with van der Waals surface area (Å²) in [5.41, 5.74) is -0.453. The van der Waals surface area contributed by atoms with Gasteiger partial charge in [-0.15, -0.1) is 0 Å². The van der Waals surface area contributed by atoms with E-state index < -0.39 is 51.1 Å². The summed E-state index contributed by atoms with van der Waals surface area (Å²) >= 11 is 0. The molecule has 3 rings (SSSR count). The van der Waals surface area contributed by atoms with Crippen LogP contribution in [0.4, 0.5) is 8.78 Å². The summed E-state index contributed by atoms with van der Waals surface area (Å²) < 4.78 is 26.7. The van der Waals surface area contributed by atoms with Crippen LogP contribution in [0, 0.1) is 37.3 Å². The smallest absolute Gasteiger partial charge is 0.243 e. The van der Waals surface area contributed by atoms with Crippen molar-refractivity contribution in [3.05, 3.63) is 91.5 Å². The van der Waals surface area contributed by atoms with Gasteiger partial charge >= 0.3 is 0 Å². The van der Waals surface area contributed by atoms with Crippen LogP contribution >= 0.6 is 0 Å². The summed E-state index contributed by atoms with van der Waals surface area (Å²) in [6, 6.07) is 6.01. The predicted molar refractivity (Wildman–Crippen MR) is 96.8 cm³/mol. The van der Waals surface area contributed by atoms with E-state index in [0.717, 1.165) is 0 Å². The summed E-state index contributed by atoms with van der Waals surface area (Å²) in [7, 11) is 0. The number of rotatable bonds is 4. The molecule has 9 heteroatoms. The predicted octanol–water partition coefficient (Wildman–Crippen LogP) is 3.67. The van der Waals surface area contributed by atoms with Gasteiger partial charge in [0.05, 0.1) is 0 Å². The van der Waals surface area contributed by atoms with Crippen LogP contribution in [-0.2, 0) is 0 Å². The molecule has 0 saturated carbocycles. The van der Waals surface area contributed by atoms with Gasteiger partial charge in [-0.3, -0.25) is 25.5 Å². The molecule has 0 bridgehead atoms. The standard InChI is InChI=1S/C19H19F2N3O4/c1-19(2)17(23(25)26)15(11-3-7-13(20)8-4-11)22-16(18(19)24(27)28)12-5-9-14(21)10-6-12/h3-10,15-18,22H,1-2H3/t15-,16+,17-,18-/m1/s1. The van der Waals surface area contributed by atoms with Crippen LogP contribution in [0.2, 0.25) is 0 Å². The van der Waals surface area contributed by atoms with Crippen molar-refractivity contribution >= 4 is 0 Å². The Kier molecular flexibility index (Phi) is 5.12. The fourth-order valence-electron chi connectivity index (χ4n) is 4.09. The Morgan fingerprint density at radius 2 is 1.11 bits per heavy atom.